The highest BCUT2D eigenvalue weighted by Gasteiger charge is 2.04. The molecule has 4 heteroatoms. The Morgan fingerprint density at radius 3 is 2.24 bits per heavy atom. The molecule has 0 aromatic heterocycles. The maximum Gasteiger partial charge on any atom is 0.257 e. The average Bonchev–Trinajstić information content (AvgIpc) is 2.64. The van der Waals surface area contributed by atoms with Crippen LogP contribution in [0.2, 0.25) is 0 Å². The van der Waals surface area contributed by atoms with E-state index in [1.807, 2.05) is 18.2 Å². The van der Waals surface area contributed by atoms with E-state index in [1.165, 1.54) is 5.56 Å². The van der Waals surface area contributed by atoms with Crippen LogP contribution in [0.4, 0.5) is 0 Å². The van der Waals surface area contributed by atoms with Crippen molar-refractivity contribution in [1.29, 1.82) is 0 Å². The molecular weight excluding hydrogens is 314 g/mol. The number of carbonyl (C=O) groups excluding carboxylic acids is 2. The Kier molecular flexibility index (Phi) is 6.52. The molecule has 0 saturated carbocycles. The molecule has 2 aromatic carbocycles. The Hall–Kier alpha value is -2.88. The number of carbonyl (C=O) groups is 2. The number of hydrogen-bond donors (Lipinski definition) is 1. The highest BCUT2D eigenvalue weighted by atomic mass is 16.5. The van der Waals surface area contributed by atoms with Gasteiger partial charge in [-0.1, -0.05) is 44.2 Å². The molecule has 1 N–H and O–H groups in total. The number of ketones is 1. The number of ether oxygens (including phenoxy) is 1. The summed E-state index contributed by atoms with van der Waals surface area (Å²) < 4.78 is 5.31. The zero-order valence-corrected chi connectivity index (χ0v) is 14.8. The molecule has 2 aromatic rings. The van der Waals surface area contributed by atoms with Crippen molar-refractivity contribution in [2.45, 2.75) is 19.8 Å². The van der Waals surface area contributed by atoms with Crippen molar-refractivity contribution in [2.75, 3.05) is 13.7 Å². The molecule has 0 spiro atoms. The third kappa shape index (κ3) is 5.60. The van der Waals surface area contributed by atoms with E-state index in [0.717, 1.165) is 5.56 Å². The van der Waals surface area contributed by atoms with E-state index in [1.54, 1.807) is 37.4 Å². The summed E-state index contributed by atoms with van der Waals surface area (Å²) in [4.78, 5) is 23.4. The summed E-state index contributed by atoms with van der Waals surface area (Å²) in [5, 5.41) is 2.48. The lowest BCUT2D eigenvalue weighted by molar-refractivity contribution is -0.122. The van der Waals surface area contributed by atoms with Gasteiger partial charge in [-0.05, 0) is 47.4 Å². The van der Waals surface area contributed by atoms with Gasteiger partial charge in [-0.15, -0.1) is 0 Å². The molecule has 25 heavy (non-hydrogen) atoms. The number of benzene rings is 2. The SMILES string of the molecule is CNC(=O)COc1ccc(C(=O)/C=C/c2ccc(C(C)C)cc2)cc1. The van der Waals surface area contributed by atoms with Crippen LogP contribution in [0.3, 0.4) is 0 Å². The first kappa shape index (κ1) is 18.5. The molecule has 2 rings (SSSR count). The average molecular weight is 337 g/mol. The van der Waals surface area contributed by atoms with Crippen molar-refractivity contribution >= 4 is 17.8 Å². The first-order chi connectivity index (χ1) is 12.0. The minimum Gasteiger partial charge on any atom is -0.484 e. The molecule has 0 unspecified atom stereocenters. The van der Waals surface area contributed by atoms with Crippen LogP contribution in [0.25, 0.3) is 6.08 Å². The van der Waals surface area contributed by atoms with Crippen molar-refractivity contribution < 1.29 is 14.3 Å². The van der Waals surface area contributed by atoms with Crippen molar-refractivity contribution in [1.82, 2.24) is 5.32 Å². The minimum absolute atomic E-state index is 0.0456. The summed E-state index contributed by atoms with van der Waals surface area (Å²) >= 11 is 0. The van der Waals surface area contributed by atoms with Gasteiger partial charge in [0.1, 0.15) is 5.75 Å². The van der Waals surface area contributed by atoms with Gasteiger partial charge in [0.05, 0.1) is 0 Å². The summed E-state index contributed by atoms with van der Waals surface area (Å²) in [6, 6.07) is 14.9. The van der Waals surface area contributed by atoms with E-state index in [9.17, 15) is 9.59 Å². The van der Waals surface area contributed by atoms with Crippen LogP contribution >= 0.6 is 0 Å². The molecule has 1 amide bonds. The van der Waals surface area contributed by atoms with Gasteiger partial charge in [-0.2, -0.15) is 0 Å². The normalized spacial score (nSPS) is 10.9. The number of amides is 1. The first-order valence-electron chi connectivity index (χ1n) is 8.25. The predicted molar refractivity (Wildman–Crippen MR) is 99.9 cm³/mol. The van der Waals surface area contributed by atoms with Gasteiger partial charge in [0.25, 0.3) is 5.91 Å². The second-order valence-electron chi connectivity index (χ2n) is 6.01. The molecule has 4 nitrogen and oxygen atoms in total. The predicted octanol–water partition coefficient (Wildman–Crippen LogP) is 3.83. The van der Waals surface area contributed by atoms with Crippen LogP contribution in [-0.2, 0) is 4.79 Å². The molecule has 0 atom stereocenters. The molecular formula is C21H23NO3. The molecule has 0 aliphatic heterocycles. The Bertz CT molecular complexity index is 744. The second-order valence-corrected chi connectivity index (χ2v) is 6.01. The molecule has 0 aliphatic carbocycles. The van der Waals surface area contributed by atoms with Crippen LogP contribution in [0, 0.1) is 0 Å². The van der Waals surface area contributed by atoms with E-state index < -0.39 is 0 Å². The quantitative estimate of drug-likeness (QED) is 0.617. The fraction of sp³-hybridized carbons (Fsp3) is 0.238. The first-order valence-corrected chi connectivity index (χ1v) is 8.25. The summed E-state index contributed by atoms with van der Waals surface area (Å²) in [5.74, 6) is 0.759. The summed E-state index contributed by atoms with van der Waals surface area (Å²) in [7, 11) is 1.55. The van der Waals surface area contributed by atoms with E-state index in [4.69, 9.17) is 4.74 Å². The molecule has 0 bridgehead atoms. The minimum atomic E-state index is -0.202. The van der Waals surface area contributed by atoms with Gasteiger partial charge in [0.15, 0.2) is 12.4 Å². The third-order valence-corrected chi connectivity index (χ3v) is 3.82. The lowest BCUT2D eigenvalue weighted by atomic mass is 10.0. The van der Waals surface area contributed by atoms with Gasteiger partial charge < -0.3 is 10.1 Å². The largest absolute Gasteiger partial charge is 0.484 e. The van der Waals surface area contributed by atoms with Gasteiger partial charge >= 0.3 is 0 Å². The van der Waals surface area contributed by atoms with Crippen molar-refractivity contribution in [3.8, 4) is 5.75 Å². The monoisotopic (exact) mass is 337 g/mol. The molecule has 130 valence electrons. The van der Waals surface area contributed by atoms with Gasteiger partial charge in [0, 0.05) is 12.6 Å². The van der Waals surface area contributed by atoms with Crippen LogP contribution in [0.1, 0.15) is 41.3 Å². The number of allylic oxidation sites excluding steroid dienone is 1. The van der Waals surface area contributed by atoms with E-state index in [0.29, 0.717) is 17.2 Å². The highest BCUT2D eigenvalue weighted by Crippen LogP contribution is 2.16. The summed E-state index contributed by atoms with van der Waals surface area (Å²) in [6.45, 7) is 4.25. The Morgan fingerprint density at radius 2 is 1.68 bits per heavy atom. The fourth-order valence-electron chi connectivity index (χ4n) is 2.20. The van der Waals surface area contributed by atoms with E-state index in [2.05, 4.69) is 31.3 Å². The standard InChI is InChI=1S/C21H23NO3/c1-15(2)17-7-4-16(5-8-17)6-13-20(23)18-9-11-19(12-10-18)25-14-21(24)22-3/h4-13,15H,14H2,1-3H3,(H,22,24)/b13-6+. The maximum absolute atomic E-state index is 12.2. The van der Waals surface area contributed by atoms with Gasteiger partial charge in [-0.25, -0.2) is 0 Å². The van der Waals surface area contributed by atoms with Gasteiger partial charge in [-0.3, -0.25) is 9.59 Å². The molecule has 0 radical (unpaired) electrons. The lowest BCUT2D eigenvalue weighted by Crippen LogP contribution is -2.24. The molecule has 0 aliphatic rings. The Balaban J connectivity index is 1.96. The summed E-state index contributed by atoms with van der Waals surface area (Å²) in [6.07, 6.45) is 3.37. The number of nitrogens with one attached hydrogen (secondary N) is 1. The molecule has 0 saturated heterocycles. The van der Waals surface area contributed by atoms with E-state index in [-0.39, 0.29) is 18.3 Å². The van der Waals surface area contributed by atoms with E-state index >= 15 is 0 Å². The smallest absolute Gasteiger partial charge is 0.257 e. The van der Waals surface area contributed by atoms with Crippen molar-refractivity contribution in [2.24, 2.45) is 0 Å². The Morgan fingerprint density at radius 1 is 1.04 bits per heavy atom. The maximum atomic E-state index is 12.2. The lowest BCUT2D eigenvalue weighted by Gasteiger charge is -2.05. The van der Waals surface area contributed by atoms with Crippen LogP contribution in [0.5, 0.6) is 5.75 Å². The Labute approximate surface area is 148 Å². The third-order valence-electron chi connectivity index (χ3n) is 3.82. The zero-order valence-electron chi connectivity index (χ0n) is 14.8. The molecule has 0 fully saturated rings. The van der Waals surface area contributed by atoms with Crippen LogP contribution < -0.4 is 10.1 Å². The van der Waals surface area contributed by atoms with Crippen LogP contribution in [-0.4, -0.2) is 25.3 Å². The zero-order chi connectivity index (χ0) is 18.2. The molecule has 0 heterocycles. The van der Waals surface area contributed by atoms with Crippen molar-refractivity contribution in [3.63, 3.8) is 0 Å². The van der Waals surface area contributed by atoms with Crippen molar-refractivity contribution in [3.05, 3.63) is 71.3 Å². The number of hydrogen-bond acceptors (Lipinski definition) is 3. The van der Waals surface area contributed by atoms with Crippen LogP contribution in [0.15, 0.2) is 54.6 Å². The summed E-state index contributed by atoms with van der Waals surface area (Å²) in [5.41, 5.74) is 2.83. The second kappa shape index (κ2) is 8.83. The van der Waals surface area contributed by atoms with Gasteiger partial charge in [0.2, 0.25) is 0 Å². The number of rotatable bonds is 7. The highest BCUT2D eigenvalue weighted by molar-refractivity contribution is 6.06. The topological polar surface area (TPSA) is 55.4 Å². The fourth-order valence-corrected chi connectivity index (χ4v) is 2.20. The number of likely N-dealkylation sites (N-methyl/N-ethyl adjacent to an activating group) is 1.